The SMILES string of the molecule is O=C(c1cccc(F)c1-c1ncccn1)N1CC2CC23CC(N(CC2CC2)c2ccc(C(F)(F)F)cn2)C13. The topological polar surface area (TPSA) is 62.2 Å². The van der Waals surface area contributed by atoms with Crippen molar-refractivity contribution < 1.29 is 22.4 Å². The Bertz CT molecular complexity index is 1390. The van der Waals surface area contributed by atoms with Gasteiger partial charge in [-0.1, -0.05) is 6.07 Å². The van der Waals surface area contributed by atoms with Crippen LogP contribution in [0.1, 0.15) is 41.6 Å². The van der Waals surface area contributed by atoms with Crippen LogP contribution < -0.4 is 4.90 Å². The van der Waals surface area contributed by atoms with Gasteiger partial charge in [0.15, 0.2) is 5.82 Å². The summed E-state index contributed by atoms with van der Waals surface area (Å²) in [7, 11) is 0. The van der Waals surface area contributed by atoms with Crippen LogP contribution in [0.3, 0.4) is 0 Å². The van der Waals surface area contributed by atoms with E-state index in [-0.39, 0.29) is 40.4 Å². The van der Waals surface area contributed by atoms with Gasteiger partial charge in [-0.2, -0.15) is 13.2 Å². The highest BCUT2D eigenvalue weighted by molar-refractivity contribution is 6.01. The van der Waals surface area contributed by atoms with Gasteiger partial charge in [0.05, 0.1) is 28.8 Å². The fraction of sp³-hybridized carbons (Fsp3) is 0.429. The van der Waals surface area contributed by atoms with Gasteiger partial charge in [-0.3, -0.25) is 4.79 Å². The molecule has 1 saturated heterocycles. The van der Waals surface area contributed by atoms with Gasteiger partial charge >= 0.3 is 6.18 Å². The Labute approximate surface area is 216 Å². The van der Waals surface area contributed by atoms with Gasteiger partial charge in [-0.25, -0.2) is 19.3 Å². The van der Waals surface area contributed by atoms with E-state index >= 15 is 4.39 Å². The number of rotatable bonds is 6. The number of anilines is 1. The number of nitrogens with zero attached hydrogens (tertiary/aromatic N) is 5. The fourth-order valence-corrected chi connectivity index (χ4v) is 6.68. The molecule has 196 valence electrons. The molecule has 3 aromatic rings. The van der Waals surface area contributed by atoms with Crippen molar-refractivity contribution in [2.45, 2.75) is 43.9 Å². The Hall–Kier alpha value is -3.56. The number of aromatic nitrogens is 3. The van der Waals surface area contributed by atoms with E-state index < -0.39 is 17.6 Å². The fourth-order valence-electron chi connectivity index (χ4n) is 6.68. The van der Waals surface area contributed by atoms with Crippen LogP contribution in [0.4, 0.5) is 23.4 Å². The first kappa shape index (κ1) is 23.5. The van der Waals surface area contributed by atoms with E-state index in [1.807, 2.05) is 4.90 Å². The van der Waals surface area contributed by atoms with Gasteiger partial charge in [-0.05, 0) is 73.3 Å². The smallest absolute Gasteiger partial charge is 0.351 e. The van der Waals surface area contributed by atoms with Crippen LogP contribution in [0.15, 0.2) is 55.0 Å². The Morgan fingerprint density at radius 1 is 1.05 bits per heavy atom. The highest BCUT2D eigenvalue weighted by Crippen LogP contribution is 2.72. The predicted molar refractivity (Wildman–Crippen MR) is 131 cm³/mol. The average Bonchev–Trinajstić information content (AvgIpc) is 3.82. The van der Waals surface area contributed by atoms with E-state index in [2.05, 4.69) is 19.9 Å². The molecule has 4 atom stereocenters. The number of hydrogen-bond acceptors (Lipinski definition) is 5. The molecule has 1 aromatic carbocycles. The number of halogens is 4. The van der Waals surface area contributed by atoms with E-state index in [9.17, 15) is 18.0 Å². The number of piperidine rings is 1. The summed E-state index contributed by atoms with van der Waals surface area (Å²) in [5.41, 5.74) is -0.438. The lowest BCUT2D eigenvalue weighted by atomic mass is 9.70. The van der Waals surface area contributed by atoms with Gasteiger partial charge < -0.3 is 9.80 Å². The van der Waals surface area contributed by atoms with Crippen LogP contribution in [0.5, 0.6) is 0 Å². The number of hydrogen-bond donors (Lipinski definition) is 0. The first-order valence-corrected chi connectivity index (χ1v) is 12.9. The standard InChI is InChI=1S/C28H25F4N5O/c29-20-4-1-3-19(23(20)25-33-9-2-10-34-25)26(38)37-15-18-11-27(18)12-21(24(27)37)36(14-16-5-6-16)22-8-7-17(13-35-22)28(30,31)32/h1-4,7-10,13,16,18,21,24H,5-6,11-12,14-15H2. The summed E-state index contributed by atoms with van der Waals surface area (Å²) < 4.78 is 54.5. The molecule has 1 spiro atoms. The maximum absolute atomic E-state index is 15.0. The second-order valence-electron chi connectivity index (χ2n) is 11.0. The zero-order valence-electron chi connectivity index (χ0n) is 20.4. The molecule has 4 aliphatic rings. The highest BCUT2D eigenvalue weighted by Gasteiger charge is 2.76. The minimum Gasteiger partial charge on any atom is -0.351 e. The quantitative estimate of drug-likeness (QED) is 0.415. The van der Waals surface area contributed by atoms with Crippen molar-refractivity contribution in [2.24, 2.45) is 17.3 Å². The lowest BCUT2D eigenvalue weighted by molar-refractivity contribution is -0.137. The van der Waals surface area contributed by atoms with Crippen molar-refractivity contribution >= 4 is 11.7 Å². The maximum atomic E-state index is 15.0. The van der Waals surface area contributed by atoms with Crippen LogP contribution in [-0.4, -0.2) is 50.9 Å². The monoisotopic (exact) mass is 523 g/mol. The molecule has 3 saturated carbocycles. The summed E-state index contributed by atoms with van der Waals surface area (Å²) in [5.74, 6) is 0.700. The summed E-state index contributed by atoms with van der Waals surface area (Å²) in [6, 6.07) is 8.42. The molecule has 6 nitrogen and oxygen atoms in total. The van der Waals surface area contributed by atoms with Crippen LogP contribution in [0.25, 0.3) is 11.4 Å². The number of amides is 1. The lowest BCUT2D eigenvalue weighted by Crippen LogP contribution is -2.64. The second-order valence-corrected chi connectivity index (χ2v) is 11.0. The predicted octanol–water partition coefficient (Wildman–Crippen LogP) is 5.22. The molecular formula is C28H25F4N5O. The summed E-state index contributed by atoms with van der Waals surface area (Å²) in [6.45, 7) is 1.29. The van der Waals surface area contributed by atoms with Gasteiger partial charge in [0, 0.05) is 31.7 Å². The minimum absolute atomic E-state index is 0.0325. The summed E-state index contributed by atoms with van der Waals surface area (Å²) in [6.07, 6.45) is 3.53. The second kappa shape index (κ2) is 8.22. The molecule has 38 heavy (non-hydrogen) atoms. The number of pyridine rings is 1. The van der Waals surface area contributed by atoms with Crippen molar-refractivity contribution in [2.75, 3.05) is 18.0 Å². The third-order valence-corrected chi connectivity index (χ3v) is 8.79. The van der Waals surface area contributed by atoms with Gasteiger partial charge in [-0.15, -0.1) is 0 Å². The molecule has 3 aliphatic carbocycles. The average molecular weight is 524 g/mol. The first-order valence-electron chi connectivity index (χ1n) is 12.9. The molecular weight excluding hydrogens is 498 g/mol. The van der Waals surface area contributed by atoms with E-state index in [1.165, 1.54) is 30.6 Å². The van der Waals surface area contributed by atoms with Gasteiger partial charge in [0.2, 0.25) is 0 Å². The number of carbonyl (C=O) groups is 1. The van der Waals surface area contributed by atoms with Crippen molar-refractivity contribution in [3.05, 3.63) is 71.9 Å². The highest BCUT2D eigenvalue weighted by atomic mass is 19.4. The summed E-state index contributed by atoms with van der Waals surface area (Å²) in [5, 5.41) is 0. The number of alkyl halides is 3. The first-order chi connectivity index (χ1) is 18.3. The van der Waals surface area contributed by atoms with Crippen molar-refractivity contribution in [3.8, 4) is 11.4 Å². The summed E-state index contributed by atoms with van der Waals surface area (Å²) in [4.78, 5) is 30.5. The van der Waals surface area contributed by atoms with Gasteiger partial charge in [0.25, 0.3) is 5.91 Å². The molecule has 4 unspecified atom stereocenters. The molecule has 0 bridgehead atoms. The van der Waals surface area contributed by atoms with E-state index in [0.717, 1.165) is 37.9 Å². The van der Waals surface area contributed by atoms with E-state index in [4.69, 9.17) is 0 Å². The van der Waals surface area contributed by atoms with Gasteiger partial charge in [0.1, 0.15) is 11.6 Å². The normalized spacial score (nSPS) is 27.4. The lowest BCUT2D eigenvalue weighted by Gasteiger charge is -2.53. The Balaban J connectivity index is 1.22. The Morgan fingerprint density at radius 3 is 2.53 bits per heavy atom. The molecule has 4 fully saturated rings. The molecule has 10 heteroatoms. The molecule has 0 N–H and O–H groups in total. The molecule has 2 aromatic heterocycles. The molecule has 1 aliphatic heterocycles. The third kappa shape index (κ3) is 3.67. The number of likely N-dealkylation sites (tertiary alicyclic amines) is 1. The Morgan fingerprint density at radius 2 is 1.84 bits per heavy atom. The molecule has 3 heterocycles. The largest absolute Gasteiger partial charge is 0.417 e. The third-order valence-electron chi connectivity index (χ3n) is 8.79. The number of benzene rings is 1. The van der Waals surface area contributed by atoms with Crippen LogP contribution in [-0.2, 0) is 6.18 Å². The minimum atomic E-state index is -4.45. The zero-order valence-corrected chi connectivity index (χ0v) is 20.4. The molecule has 1 amide bonds. The van der Waals surface area contributed by atoms with Crippen molar-refractivity contribution in [1.82, 2.24) is 19.9 Å². The van der Waals surface area contributed by atoms with E-state index in [1.54, 1.807) is 12.1 Å². The molecule has 0 radical (unpaired) electrons. The molecule has 7 rings (SSSR count). The van der Waals surface area contributed by atoms with Crippen molar-refractivity contribution in [1.29, 1.82) is 0 Å². The summed E-state index contributed by atoms with van der Waals surface area (Å²) >= 11 is 0. The maximum Gasteiger partial charge on any atom is 0.417 e. The zero-order chi connectivity index (χ0) is 26.2. The van der Waals surface area contributed by atoms with Crippen LogP contribution in [0.2, 0.25) is 0 Å². The van der Waals surface area contributed by atoms with E-state index in [0.29, 0.717) is 30.7 Å². The number of carbonyl (C=O) groups excluding carboxylic acids is 1. The van der Waals surface area contributed by atoms with Crippen LogP contribution in [0, 0.1) is 23.1 Å². The van der Waals surface area contributed by atoms with Crippen LogP contribution >= 0.6 is 0 Å². The van der Waals surface area contributed by atoms with Crippen molar-refractivity contribution in [3.63, 3.8) is 0 Å². The Kier molecular flexibility index (Phi) is 5.09.